The fourth-order valence-electron chi connectivity index (χ4n) is 3.31. The van der Waals surface area contributed by atoms with Gasteiger partial charge in [0.05, 0.1) is 33.9 Å². The summed E-state index contributed by atoms with van der Waals surface area (Å²) in [7, 11) is 0. The van der Waals surface area contributed by atoms with E-state index < -0.39 is 23.5 Å². The topological polar surface area (TPSA) is 50.7 Å². The third-order valence-corrected chi connectivity index (χ3v) is 4.97. The Morgan fingerprint density at radius 1 is 0.818 bits per heavy atom. The van der Waals surface area contributed by atoms with Crippen LogP contribution in [-0.4, -0.2) is 15.0 Å². The lowest BCUT2D eigenvalue weighted by Crippen LogP contribution is -2.10. The number of rotatable bonds is 4. The Hall–Kier alpha value is -3.40. The van der Waals surface area contributed by atoms with E-state index in [1.807, 2.05) is 0 Å². The minimum atomic E-state index is -4.63. The average Bonchev–Trinajstić information content (AvgIpc) is 2.77. The van der Waals surface area contributed by atoms with Crippen LogP contribution in [0.5, 0.6) is 0 Å². The van der Waals surface area contributed by atoms with E-state index in [1.54, 1.807) is 0 Å². The molecule has 0 saturated heterocycles. The van der Waals surface area contributed by atoms with Crippen LogP contribution in [0.25, 0.3) is 22.2 Å². The van der Waals surface area contributed by atoms with Gasteiger partial charge in [-0.05, 0) is 36.4 Å². The van der Waals surface area contributed by atoms with Gasteiger partial charge in [0.2, 0.25) is 0 Å². The molecule has 4 rings (SSSR count). The van der Waals surface area contributed by atoms with Crippen LogP contribution in [-0.2, 0) is 18.2 Å². The second-order valence-corrected chi connectivity index (χ2v) is 7.19. The molecule has 33 heavy (non-hydrogen) atoms. The molecule has 0 aliphatic rings. The molecule has 0 fully saturated rings. The van der Waals surface area contributed by atoms with E-state index in [0.29, 0.717) is 5.39 Å². The number of para-hydroxylation sites is 1. The number of anilines is 2. The lowest BCUT2D eigenvalue weighted by Gasteiger charge is -2.16. The maximum atomic E-state index is 13.4. The second-order valence-electron chi connectivity index (χ2n) is 6.92. The van der Waals surface area contributed by atoms with Gasteiger partial charge in [-0.2, -0.15) is 26.3 Å². The molecule has 170 valence electrons. The lowest BCUT2D eigenvalue weighted by atomic mass is 10.0. The first-order valence-corrected chi connectivity index (χ1v) is 9.94. The number of halogens is 7. The van der Waals surface area contributed by atoms with E-state index in [0.717, 1.165) is 12.1 Å². The van der Waals surface area contributed by atoms with E-state index in [1.165, 1.54) is 48.7 Å². The van der Waals surface area contributed by atoms with Crippen LogP contribution in [0, 0.1) is 0 Å². The van der Waals surface area contributed by atoms with Crippen molar-refractivity contribution in [3.8, 4) is 11.3 Å². The van der Waals surface area contributed by atoms with E-state index in [9.17, 15) is 26.3 Å². The highest BCUT2D eigenvalue weighted by molar-refractivity contribution is 6.16. The summed E-state index contributed by atoms with van der Waals surface area (Å²) in [6.45, 7) is 0. The number of hydrogen-bond donors (Lipinski definition) is 1. The number of aromatic nitrogens is 3. The quantitative estimate of drug-likeness (QED) is 0.246. The fraction of sp³-hybridized carbons (Fsp3) is 0.136. The zero-order valence-corrected chi connectivity index (χ0v) is 17.2. The Morgan fingerprint density at radius 2 is 1.52 bits per heavy atom. The molecule has 0 saturated carbocycles. The normalized spacial score (nSPS) is 12.2. The van der Waals surface area contributed by atoms with Crippen LogP contribution in [0.1, 0.15) is 17.0 Å². The largest absolute Gasteiger partial charge is 0.418 e. The molecule has 0 bridgehead atoms. The van der Waals surface area contributed by atoms with Crippen molar-refractivity contribution in [3.63, 3.8) is 0 Å². The maximum absolute atomic E-state index is 13.4. The summed E-state index contributed by atoms with van der Waals surface area (Å²) >= 11 is 5.85. The maximum Gasteiger partial charge on any atom is 0.418 e. The molecule has 2 heterocycles. The Balaban J connectivity index is 1.86. The summed E-state index contributed by atoms with van der Waals surface area (Å²) < 4.78 is 80.4. The van der Waals surface area contributed by atoms with Gasteiger partial charge in [-0.3, -0.25) is 4.98 Å². The van der Waals surface area contributed by atoms with Crippen LogP contribution in [0.3, 0.4) is 0 Å². The monoisotopic (exact) mass is 482 g/mol. The summed E-state index contributed by atoms with van der Waals surface area (Å²) in [5.41, 5.74) is -2.02. The van der Waals surface area contributed by atoms with Crippen LogP contribution in [0.15, 0.2) is 60.8 Å². The molecular weight excluding hydrogens is 470 g/mol. The Morgan fingerprint density at radius 3 is 2.21 bits per heavy atom. The van der Waals surface area contributed by atoms with Crippen molar-refractivity contribution in [1.82, 2.24) is 15.0 Å². The molecule has 0 radical (unpaired) electrons. The first kappa shape index (κ1) is 22.8. The average molecular weight is 483 g/mol. The molecule has 0 unspecified atom stereocenters. The number of nitrogens with one attached hydrogen (secondary N) is 1. The van der Waals surface area contributed by atoms with Crippen molar-refractivity contribution in [1.29, 1.82) is 0 Å². The summed E-state index contributed by atoms with van der Waals surface area (Å²) in [5.74, 6) is -0.0333. The van der Waals surface area contributed by atoms with Crippen molar-refractivity contribution in [2.45, 2.75) is 18.2 Å². The van der Waals surface area contributed by atoms with Gasteiger partial charge in [0.1, 0.15) is 11.6 Å². The Kier molecular flexibility index (Phi) is 5.87. The number of nitrogens with zero attached hydrogens (tertiary/aromatic N) is 3. The minimum absolute atomic E-state index is 0.0379. The summed E-state index contributed by atoms with van der Waals surface area (Å²) in [5, 5.41) is 2.97. The van der Waals surface area contributed by atoms with Crippen molar-refractivity contribution < 1.29 is 26.3 Å². The van der Waals surface area contributed by atoms with Crippen molar-refractivity contribution in [2.75, 3.05) is 5.32 Å². The third-order valence-electron chi connectivity index (χ3n) is 4.73. The summed E-state index contributed by atoms with van der Waals surface area (Å²) in [4.78, 5) is 12.3. The standard InChI is InChI=1S/C22H13ClF6N4/c23-11-18-31-17-10-12(19-15(22(27,28)29)5-3-9-30-19)7-8-13(17)20(33-18)32-16-6-2-1-4-14(16)21(24,25)26/h1-10H,11H2,(H,31,32,33). The van der Waals surface area contributed by atoms with E-state index in [4.69, 9.17) is 11.6 Å². The first-order chi connectivity index (χ1) is 15.6. The Bertz CT molecular complexity index is 1320. The first-order valence-electron chi connectivity index (χ1n) is 9.40. The predicted octanol–water partition coefficient (Wildman–Crippen LogP) is 7.21. The molecule has 0 aliphatic carbocycles. The molecule has 4 aromatic rings. The molecular formula is C22H13ClF6N4. The van der Waals surface area contributed by atoms with E-state index in [-0.39, 0.29) is 40.0 Å². The van der Waals surface area contributed by atoms with E-state index in [2.05, 4.69) is 20.3 Å². The van der Waals surface area contributed by atoms with Gasteiger partial charge in [-0.15, -0.1) is 11.6 Å². The van der Waals surface area contributed by atoms with Crippen LogP contribution in [0.4, 0.5) is 37.8 Å². The zero-order valence-electron chi connectivity index (χ0n) is 16.5. The smallest absolute Gasteiger partial charge is 0.339 e. The zero-order chi connectivity index (χ0) is 23.8. The molecule has 0 aliphatic heterocycles. The van der Waals surface area contributed by atoms with Crippen LogP contribution >= 0.6 is 11.6 Å². The van der Waals surface area contributed by atoms with E-state index >= 15 is 0 Å². The fourth-order valence-corrected chi connectivity index (χ4v) is 3.43. The van der Waals surface area contributed by atoms with Crippen molar-refractivity contribution in [3.05, 3.63) is 77.7 Å². The lowest BCUT2D eigenvalue weighted by molar-refractivity contribution is -0.138. The van der Waals surface area contributed by atoms with Crippen LogP contribution < -0.4 is 5.32 Å². The number of alkyl halides is 7. The van der Waals surface area contributed by atoms with Gasteiger partial charge >= 0.3 is 12.4 Å². The molecule has 1 N–H and O–H groups in total. The van der Waals surface area contributed by atoms with Gasteiger partial charge < -0.3 is 5.32 Å². The predicted molar refractivity (Wildman–Crippen MR) is 112 cm³/mol. The summed E-state index contributed by atoms with van der Waals surface area (Å²) in [6.07, 6.45) is -8.00. The highest BCUT2D eigenvalue weighted by Crippen LogP contribution is 2.39. The van der Waals surface area contributed by atoms with Crippen molar-refractivity contribution in [2.24, 2.45) is 0 Å². The SMILES string of the molecule is FC(F)(F)c1ccccc1Nc1nc(CCl)nc2cc(-c3ncccc3C(F)(F)F)ccc12. The number of hydrogen-bond acceptors (Lipinski definition) is 4. The molecule has 0 spiro atoms. The highest BCUT2D eigenvalue weighted by atomic mass is 35.5. The molecule has 2 aromatic heterocycles. The molecule has 0 atom stereocenters. The number of pyridine rings is 1. The van der Waals surface area contributed by atoms with Gasteiger partial charge in [-0.1, -0.05) is 18.2 Å². The van der Waals surface area contributed by atoms with Gasteiger partial charge in [-0.25, -0.2) is 9.97 Å². The Labute approximate surface area is 188 Å². The molecule has 11 heteroatoms. The summed E-state index contributed by atoms with van der Waals surface area (Å²) in [6, 6.07) is 11.1. The molecule has 4 nitrogen and oxygen atoms in total. The molecule has 0 amide bonds. The van der Waals surface area contributed by atoms with Crippen LogP contribution in [0.2, 0.25) is 0 Å². The van der Waals surface area contributed by atoms with Gasteiger partial charge in [0, 0.05) is 17.1 Å². The molecule has 2 aromatic carbocycles. The van der Waals surface area contributed by atoms with Crippen molar-refractivity contribution >= 4 is 34.0 Å². The second kappa shape index (κ2) is 8.51. The van der Waals surface area contributed by atoms with Gasteiger partial charge in [0.25, 0.3) is 0 Å². The highest BCUT2D eigenvalue weighted by Gasteiger charge is 2.35. The number of benzene rings is 2. The minimum Gasteiger partial charge on any atom is -0.339 e. The third kappa shape index (κ3) is 4.70. The van der Waals surface area contributed by atoms with Gasteiger partial charge in [0.15, 0.2) is 0 Å². The number of fused-ring (bicyclic) bond motifs is 1.